The Morgan fingerprint density at radius 2 is 1.59 bits per heavy atom. The van der Waals surface area contributed by atoms with Crippen LogP contribution in [-0.4, -0.2) is 19.3 Å². The minimum Gasteiger partial charge on any atom is -0.457 e. The third-order valence-electron chi connectivity index (χ3n) is 11.7. The van der Waals surface area contributed by atoms with E-state index in [0.29, 0.717) is 23.7 Å². The molecule has 0 bridgehead atoms. The van der Waals surface area contributed by atoms with E-state index in [1.165, 1.54) is 39.6 Å². The van der Waals surface area contributed by atoms with Crippen molar-refractivity contribution in [1.29, 1.82) is 0 Å². The number of nitrogens with zero attached hydrogens (tertiary/aromatic N) is 4. The van der Waals surface area contributed by atoms with Crippen LogP contribution < -0.4 is 4.74 Å². The molecule has 6 aromatic rings. The normalized spacial score (nSPS) is 18.2. The number of rotatable bonds is 8. The van der Waals surface area contributed by atoms with Crippen molar-refractivity contribution in [3.8, 4) is 23.0 Å². The molecule has 1 aliphatic rings. The molecule has 5 heteroatoms. The van der Waals surface area contributed by atoms with E-state index >= 15 is 0 Å². The lowest BCUT2D eigenvalue weighted by atomic mass is 9.58. The monoisotopic (exact) mass is 720 g/mol. The highest BCUT2D eigenvalue weighted by Gasteiger charge is 2.44. The predicted molar refractivity (Wildman–Crippen MR) is 227 cm³/mol. The molecule has 7 rings (SSSR count). The third-order valence-corrected chi connectivity index (χ3v) is 11.7. The van der Waals surface area contributed by atoms with Crippen LogP contribution in [0.15, 0.2) is 90.6 Å². The van der Waals surface area contributed by atoms with E-state index in [4.69, 9.17) is 14.8 Å². The molecule has 3 atom stereocenters. The van der Waals surface area contributed by atoms with Gasteiger partial charge in [0.15, 0.2) is 0 Å². The average molecular weight is 721 g/mol. The standard InChI is InChI=1S/C49H60N4O/c1-13-16-34-21-22-50-45(25-34)52-43-18-15-14-17-39(43)40-20-19-37(29-44(40)52)54-38-27-35(30(2)3)26-36(28-38)53-33(6)46(32(5)51-53)47-41(48(7,8)9)23-31(4)24-42(47)49(10,11)12/h14-15,17-23,25-31,42,47H,13,16,24H2,1-12H3/t31-,42-,47?/m0/s1. The summed E-state index contributed by atoms with van der Waals surface area (Å²) in [5.41, 5.74) is 11.2. The zero-order chi connectivity index (χ0) is 38.7. The van der Waals surface area contributed by atoms with Crippen LogP contribution in [0.1, 0.15) is 122 Å². The number of allylic oxidation sites excluding steroid dienone is 2. The zero-order valence-corrected chi connectivity index (χ0v) is 34.7. The van der Waals surface area contributed by atoms with Gasteiger partial charge in [0.2, 0.25) is 0 Å². The van der Waals surface area contributed by atoms with E-state index in [1.54, 1.807) is 5.57 Å². The minimum atomic E-state index is 0.0591. The lowest BCUT2D eigenvalue weighted by molar-refractivity contribution is 0.162. The Bertz CT molecular complexity index is 2360. The quantitative estimate of drug-likeness (QED) is 0.147. The highest BCUT2D eigenvalue weighted by molar-refractivity contribution is 6.09. The third kappa shape index (κ3) is 7.03. The van der Waals surface area contributed by atoms with Crippen LogP contribution in [0.2, 0.25) is 0 Å². The maximum Gasteiger partial charge on any atom is 0.137 e. The van der Waals surface area contributed by atoms with Crippen molar-refractivity contribution in [1.82, 2.24) is 19.3 Å². The molecule has 1 unspecified atom stereocenters. The lowest BCUT2D eigenvalue weighted by Crippen LogP contribution is -2.36. The van der Waals surface area contributed by atoms with Crippen LogP contribution in [0, 0.1) is 36.5 Å². The fourth-order valence-corrected chi connectivity index (χ4v) is 9.06. The molecule has 0 saturated carbocycles. The number of aromatic nitrogens is 4. The molecule has 3 heterocycles. The fourth-order valence-electron chi connectivity index (χ4n) is 9.06. The van der Waals surface area contributed by atoms with Gasteiger partial charge in [-0.3, -0.25) is 4.57 Å². The van der Waals surface area contributed by atoms with Crippen molar-refractivity contribution in [3.63, 3.8) is 0 Å². The molecule has 0 spiro atoms. The van der Waals surface area contributed by atoms with Gasteiger partial charge >= 0.3 is 0 Å². The number of aryl methyl sites for hydroxylation is 2. The minimum absolute atomic E-state index is 0.0591. The molecule has 0 fully saturated rings. The first-order valence-electron chi connectivity index (χ1n) is 20.1. The van der Waals surface area contributed by atoms with Crippen LogP contribution in [-0.2, 0) is 6.42 Å². The molecule has 3 aromatic heterocycles. The zero-order valence-electron chi connectivity index (χ0n) is 34.7. The van der Waals surface area contributed by atoms with Gasteiger partial charge in [-0.25, -0.2) is 9.67 Å². The van der Waals surface area contributed by atoms with Crippen molar-refractivity contribution < 1.29 is 4.74 Å². The Labute approximate surface area is 323 Å². The number of fused-ring (bicyclic) bond motifs is 3. The smallest absolute Gasteiger partial charge is 0.137 e. The summed E-state index contributed by atoms with van der Waals surface area (Å²) in [6, 6.07) is 26.0. The second kappa shape index (κ2) is 14.2. The van der Waals surface area contributed by atoms with Gasteiger partial charge in [-0.2, -0.15) is 5.10 Å². The number of ether oxygens (including phenoxy) is 1. The molecular weight excluding hydrogens is 661 g/mol. The van der Waals surface area contributed by atoms with Crippen LogP contribution in [0.3, 0.4) is 0 Å². The summed E-state index contributed by atoms with van der Waals surface area (Å²) in [5.74, 6) is 4.23. The Hall–Kier alpha value is -4.64. The average Bonchev–Trinajstić information content (AvgIpc) is 3.59. The van der Waals surface area contributed by atoms with Crippen LogP contribution in [0.25, 0.3) is 33.3 Å². The van der Waals surface area contributed by atoms with E-state index in [0.717, 1.165) is 52.6 Å². The Morgan fingerprint density at radius 1 is 0.852 bits per heavy atom. The maximum atomic E-state index is 6.83. The number of hydrogen-bond donors (Lipinski definition) is 0. The van der Waals surface area contributed by atoms with E-state index < -0.39 is 0 Å². The Balaban J connectivity index is 1.33. The molecule has 5 nitrogen and oxygen atoms in total. The van der Waals surface area contributed by atoms with Crippen LogP contribution >= 0.6 is 0 Å². The number of pyridine rings is 1. The van der Waals surface area contributed by atoms with Crippen molar-refractivity contribution in [2.45, 2.75) is 114 Å². The second-order valence-electron chi connectivity index (χ2n) is 18.4. The SMILES string of the molecule is CCCc1ccnc(-n2c3ccccc3c3ccc(Oc4cc(C(C)C)cc(-n5nc(C)c(C6C(C(C)(C)C)=C[C@H](C)C[C@@H]6C(C)(C)C)c5C)c4)cc32)c1. The van der Waals surface area contributed by atoms with Crippen LogP contribution in [0.4, 0.5) is 0 Å². The predicted octanol–water partition coefficient (Wildman–Crippen LogP) is 13.6. The molecule has 0 radical (unpaired) electrons. The number of hydrogen-bond acceptors (Lipinski definition) is 3. The molecule has 3 aromatic carbocycles. The summed E-state index contributed by atoms with van der Waals surface area (Å²) in [6.07, 6.45) is 7.81. The van der Waals surface area contributed by atoms with Gasteiger partial charge in [-0.05, 0) is 109 Å². The van der Waals surface area contributed by atoms with Gasteiger partial charge in [0.1, 0.15) is 17.3 Å². The van der Waals surface area contributed by atoms with Gasteiger partial charge in [0.25, 0.3) is 0 Å². The van der Waals surface area contributed by atoms with Crippen molar-refractivity contribution in [2.75, 3.05) is 0 Å². The summed E-state index contributed by atoms with van der Waals surface area (Å²) in [4.78, 5) is 4.85. The highest BCUT2D eigenvalue weighted by atomic mass is 16.5. The van der Waals surface area contributed by atoms with Gasteiger partial charge in [0, 0.05) is 46.3 Å². The lowest BCUT2D eigenvalue weighted by Gasteiger charge is -2.46. The highest BCUT2D eigenvalue weighted by Crippen LogP contribution is 2.54. The summed E-state index contributed by atoms with van der Waals surface area (Å²) in [7, 11) is 0. The van der Waals surface area contributed by atoms with E-state index in [2.05, 4.69) is 171 Å². The molecule has 54 heavy (non-hydrogen) atoms. The molecular formula is C49H60N4O. The van der Waals surface area contributed by atoms with Gasteiger partial charge in [-0.15, -0.1) is 0 Å². The summed E-state index contributed by atoms with van der Waals surface area (Å²) < 4.78 is 11.3. The van der Waals surface area contributed by atoms with Crippen LogP contribution in [0.5, 0.6) is 11.5 Å². The maximum absolute atomic E-state index is 6.83. The first kappa shape index (κ1) is 37.7. The molecule has 1 aliphatic carbocycles. The van der Waals surface area contributed by atoms with Gasteiger partial charge in [-0.1, -0.05) is 106 Å². The Kier molecular flexibility index (Phi) is 9.91. The van der Waals surface area contributed by atoms with Crippen molar-refractivity contribution in [3.05, 3.63) is 119 Å². The molecule has 0 saturated heterocycles. The van der Waals surface area contributed by atoms with Gasteiger partial charge in [0.05, 0.1) is 22.4 Å². The van der Waals surface area contributed by atoms with Crippen molar-refractivity contribution in [2.24, 2.45) is 22.7 Å². The molecule has 282 valence electrons. The van der Waals surface area contributed by atoms with E-state index in [9.17, 15) is 0 Å². The molecule has 0 N–H and O–H groups in total. The summed E-state index contributed by atoms with van der Waals surface area (Å²) >= 11 is 0. The molecule has 0 amide bonds. The number of benzene rings is 3. The second-order valence-corrected chi connectivity index (χ2v) is 18.4. The Morgan fingerprint density at radius 3 is 2.30 bits per heavy atom. The van der Waals surface area contributed by atoms with E-state index in [1.807, 2.05) is 6.20 Å². The summed E-state index contributed by atoms with van der Waals surface area (Å²) in [6.45, 7) is 28.0. The molecule has 0 aliphatic heterocycles. The largest absolute Gasteiger partial charge is 0.457 e. The fraction of sp³-hybridized carbons (Fsp3) is 0.429. The first-order chi connectivity index (χ1) is 25.5. The summed E-state index contributed by atoms with van der Waals surface area (Å²) in [5, 5.41) is 7.70. The van der Waals surface area contributed by atoms with E-state index in [-0.39, 0.29) is 10.8 Å². The van der Waals surface area contributed by atoms with Crippen molar-refractivity contribution >= 4 is 21.8 Å². The number of para-hydroxylation sites is 1. The van der Waals surface area contributed by atoms with Gasteiger partial charge < -0.3 is 4.74 Å². The topological polar surface area (TPSA) is 44.9 Å². The first-order valence-corrected chi connectivity index (χ1v) is 20.1.